The lowest BCUT2D eigenvalue weighted by Gasteiger charge is -2.20. The number of fused-ring (bicyclic) bond motifs is 2. The molecular weight excluding hydrogens is 414 g/mol. The van der Waals surface area contributed by atoms with Crippen molar-refractivity contribution in [1.29, 1.82) is 0 Å². The Morgan fingerprint density at radius 1 is 1.03 bits per heavy atom. The van der Waals surface area contributed by atoms with Crippen LogP contribution in [0, 0.1) is 5.41 Å². The third kappa shape index (κ3) is 3.39. The van der Waals surface area contributed by atoms with Crippen molar-refractivity contribution in [1.82, 2.24) is 14.9 Å². The van der Waals surface area contributed by atoms with E-state index in [0.29, 0.717) is 42.1 Å². The fourth-order valence-electron chi connectivity index (χ4n) is 5.64. The van der Waals surface area contributed by atoms with Crippen LogP contribution < -0.4 is 0 Å². The van der Waals surface area contributed by atoms with Crippen molar-refractivity contribution >= 4 is 11.7 Å². The van der Waals surface area contributed by atoms with Crippen molar-refractivity contribution in [2.75, 3.05) is 7.05 Å². The molecule has 6 nitrogen and oxygen atoms in total. The highest BCUT2D eigenvalue weighted by atomic mass is 16.4. The van der Waals surface area contributed by atoms with Crippen molar-refractivity contribution in [3.05, 3.63) is 58.7 Å². The van der Waals surface area contributed by atoms with Crippen molar-refractivity contribution in [2.45, 2.75) is 58.4 Å². The van der Waals surface area contributed by atoms with Gasteiger partial charge in [0.25, 0.3) is 5.91 Å². The first-order valence-electron chi connectivity index (χ1n) is 11.8. The van der Waals surface area contributed by atoms with E-state index in [-0.39, 0.29) is 17.1 Å². The van der Waals surface area contributed by atoms with Crippen LogP contribution in [0.3, 0.4) is 0 Å². The number of hydrogen-bond donors (Lipinski definition) is 0. The Kier molecular flexibility index (Phi) is 4.54. The van der Waals surface area contributed by atoms with Gasteiger partial charge in [-0.1, -0.05) is 31.9 Å². The SMILES string of the molecule is CN1Cc2ccc(-c3nc4c(cc3-c3cnc(CC5(C)CCCC5)o3)CCC4=O)cc2C1=O. The molecule has 0 radical (unpaired) electrons. The van der Waals surface area contributed by atoms with Gasteiger partial charge in [0.05, 0.1) is 11.9 Å². The molecule has 3 heterocycles. The molecule has 0 saturated heterocycles. The summed E-state index contributed by atoms with van der Waals surface area (Å²) in [6, 6.07) is 7.90. The topological polar surface area (TPSA) is 76.3 Å². The smallest absolute Gasteiger partial charge is 0.254 e. The minimum Gasteiger partial charge on any atom is -0.441 e. The monoisotopic (exact) mass is 441 g/mol. The Hall–Kier alpha value is -3.28. The number of hydrogen-bond acceptors (Lipinski definition) is 5. The molecule has 2 aliphatic carbocycles. The van der Waals surface area contributed by atoms with Crippen LogP contribution in [-0.2, 0) is 19.4 Å². The number of aromatic nitrogens is 2. The van der Waals surface area contributed by atoms with Gasteiger partial charge in [-0.25, -0.2) is 9.97 Å². The van der Waals surface area contributed by atoms with Gasteiger partial charge in [-0.3, -0.25) is 9.59 Å². The van der Waals surface area contributed by atoms with Gasteiger partial charge in [-0.2, -0.15) is 0 Å². The lowest BCUT2D eigenvalue weighted by molar-refractivity contribution is 0.0816. The van der Waals surface area contributed by atoms with Crippen LogP contribution in [-0.4, -0.2) is 33.6 Å². The highest BCUT2D eigenvalue weighted by Crippen LogP contribution is 2.41. The van der Waals surface area contributed by atoms with Crippen molar-refractivity contribution < 1.29 is 14.0 Å². The Morgan fingerprint density at radius 3 is 2.67 bits per heavy atom. The fraction of sp³-hybridized carbons (Fsp3) is 0.407. The summed E-state index contributed by atoms with van der Waals surface area (Å²) in [5, 5.41) is 0. The highest BCUT2D eigenvalue weighted by Gasteiger charge is 2.32. The minimum atomic E-state index is 0.0115. The number of amides is 1. The first kappa shape index (κ1) is 20.3. The van der Waals surface area contributed by atoms with Gasteiger partial charge >= 0.3 is 0 Å². The lowest BCUT2D eigenvalue weighted by Crippen LogP contribution is -2.17. The second kappa shape index (κ2) is 7.37. The number of oxazole rings is 1. The predicted octanol–water partition coefficient (Wildman–Crippen LogP) is 5.24. The maximum absolute atomic E-state index is 12.6. The Bertz CT molecular complexity index is 1300. The summed E-state index contributed by atoms with van der Waals surface area (Å²) in [5.41, 5.74) is 5.77. The molecule has 0 bridgehead atoms. The van der Waals surface area contributed by atoms with E-state index < -0.39 is 0 Å². The summed E-state index contributed by atoms with van der Waals surface area (Å²) >= 11 is 0. The van der Waals surface area contributed by atoms with E-state index in [2.05, 4.69) is 11.9 Å². The molecule has 0 atom stereocenters. The summed E-state index contributed by atoms with van der Waals surface area (Å²) in [6.07, 6.45) is 8.74. The van der Waals surface area contributed by atoms with E-state index in [1.54, 1.807) is 18.1 Å². The zero-order chi connectivity index (χ0) is 22.7. The van der Waals surface area contributed by atoms with E-state index in [0.717, 1.165) is 34.6 Å². The van der Waals surface area contributed by atoms with Crippen LogP contribution in [0.1, 0.15) is 76.9 Å². The molecule has 1 saturated carbocycles. The highest BCUT2D eigenvalue weighted by molar-refractivity contribution is 6.01. The fourth-order valence-corrected chi connectivity index (χ4v) is 5.64. The Morgan fingerprint density at radius 2 is 1.85 bits per heavy atom. The third-order valence-electron chi connectivity index (χ3n) is 7.56. The van der Waals surface area contributed by atoms with Gasteiger partial charge in [0.2, 0.25) is 0 Å². The molecule has 1 amide bonds. The second-order valence-corrected chi connectivity index (χ2v) is 10.2. The molecular formula is C27H27N3O3. The van der Waals surface area contributed by atoms with Crippen molar-refractivity contribution in [3.63, 3.8) is 0 Å². The number of rotatable bonds is 4. The van der Waals surface area contributed by atoms with Gasteiger partial charge < -0.3 is 9.32 Å². The number of ketones is 1. The number of pyridine rings is 1. The van der Waals surface area contributed by atoms with E-state index >= 15 is 0 Å². The number of Topliss-reactive ketones (excluding diaryl/α,β-unsaturated/α-hetero) is 1. The van der Waals surface area contributed by atoms with Crippen molar-refractivity contribution in [2.24, 2.45) is 5.41 Å². The lowest BCUT2D eigenvalue weighted by atomic mass is 9.85. The van der Waals surface area contributed by atoms with E-state index in [9.17, 15) is 9.59 Å². The standard InChI is InChI=1S/C27H27N3O3/c1-27(9-3-4-10-27)13-23-28-14-22(33-23)20-12-17-7-8-21(31)25(17)29-24(20)16-5-6-18-15-30(2)26(32)19(18)11-16/h5-6,11-12,14H,3-4,7-10,13,15H2,1-2H3. The van der Waals surface area contributed by atoms with Gasteiger partial charge in [0, 0.05) is 43.1 Å². The van der Waals surface area contributed by atoms with Crippen molar-refractivity contribution in [3.8, 4) is 22.6 Å². The summed E-state index contributed by atoms with van der Waals surface area (Å²) in [7, 11) is 1.81. The molecule has 1 aliphatic heterocycles. The molecule has 1 fully saturated rings. The molecule has 0 spiro atoms. The molecule has 0 unspecified atom stereocenters. The van der Waals surface area contributed by atoms with Crippen LogP contribution >= 0.6 is 0 Å². The molecule has 3 aromatic rings. The van der Waals surface area contributed by atoms with E-state index in [1.807, 2.05) is 24.3 Å². The zero-order valence-electron chi connectivity index (χ0n) is 19.1. The number of benzene rings is 1. The second-order valence-electron chi connectivity index (χ2n) is 10.2. The summed E-state index contributed by atoms with van der Waals surface area (Å²) in [5.74, 6) is 1.50. The largest absolute Gasteiger partial charge is 0.441 e. The maximum atomic E-state index is 12.6. The maximum Gasteiger partial charge on any atom is 0.254 e. The molecule has 6 heteroatoms. The zero-order valence-corrected chi connectivity index (χ0v) is 19.1. The van der Waals surface area contributed by atoms with E-state index in [1.165, 1.54) is 25.7 Å². The Labute approximate surface area is 193 Å². The first-order valence-corrected chi connectivity index (χ1v) is 11.8. The predicted molar refractivity (Wildman–Crippen MR) is 124 cm³/mol. The molecule has 0 N–H and O–H groups in total. The van der Waals surface area contributed by atoms with Gasteiger partial charge in [0.1, 0.15) is 5.69 Å². The quantitative estimate of drug-likeness (QED) is 0.553. The van der Waals surface area contributed by atoms with Crippen LogP contribution in [0.5, 0.6) is 0 Å². The van der Waals surface area contributed by atoms with E-state index in [4.69, 9.17) is 9.40 Å². The van der Waals surface area contributed by atoms with Gasteiger partial charge in [-0.05, 0) is 47.9 Å². The number of carbonyl (C=O) groups excluding carboxylic acids is 2. The average molecular weight is 442 g/mol. The molecule has 1 aromatic carbocycles. The van der Waals surface area contributed by atoms with Crippen LogP contribution in [0.15, 0.2) is 34.9 Å². The molecule has 2 aromatic heterocycles. The van der Waals surface area contributed by atoms with Gasteiger partial charge in [0.15, 0.2) is 17.4 Å². The summed E-state index contributed by atoms with van der Waals surface area (Å²) < 4.78 is 6.27. The van der Waals surface area contributed by atoms with Crippen LogP contribution in [0.4, 0.5) is 0 Å². The molecule has 6 rings (SSSR count). The number of aryl methyl sites for hydroxylation is 1. The average Bonchev–Trinajstić information content (AvgIpc) is 3.58. The summed E-state index contributed by atoms with van der Waals surface area (Å²) in [4.78, 5) is 36.2. The molecule has 3 aliphatic rings. The minimum absolute atomic E-state index is 0.0115. The normalized spacial score (nSPS) is 18.8. The number of carbonyl (C=O) groups is 2. The van der Waals surface area contributed by atoms with Gasteiger partial charge in [-0.15, -0.1) is 0 Å². The Balaban J connectivity index is 1.44. The molecule has 168 valence electrons. The molecule has 33 heavy (non-hydrogen) atoms. The van der Waals surface area contributed by atoms with Crippen LogP contribution in [0.2, 0.25) is 0 Å². The number of nitrogens with zero attached hydrogens (tertiary/aromatic N) is 3. The first-order chi connectivity index (χ1) is 15.9. The summed E-state index contributed by atoms with van der Waals surface area (Å²) in [6.45, 7) is 2.93. The van der Waals surface area contributed by atoms with Crippen LogP contribution in [0.25, 0.3) is 22.6 Å². The third-order valence-corrected chi connectivity index (χ3v) is 7.56.